The Morgan fingerprint density at radius 2 is 1.89 bits per heavy atom. The highest BCUT2D eigenvalue weighted by molar-refractivity contribution is 5.85. The summed E-state index contributed by atoms with van der Waals surface area (Å²) in [4.78, 5) is 15.0. The molecule has 1 saturated heterocycles. The van der Waals surface area contributed by atoms with Gasteiger partial charge in [0, 0.05) is 19.0 Å². The molecule has 0 N–H and O–H groups in total. The van der Waals surface area contributed by atoms with Gasteiger partial charge < -0.3 is 4.74 Å². The average molecular weight is 267 g/mol. The van der Waals surface area contributed by atoms with Crippen LogP contribution in [-0.4, -0.2) is 43.0 Å². The third kappa shape index (κ3) is 4.03. The number of morpholine rings is 1. The van der Waals surface area contributed by atoms with Gasteiger partial charge in [0.25, 0.3) is 0 Å². The van der Waals surface area contributed by atoms with Crippen molar-refractivity contribution in [3.8, 4) is 0 Å². The fourth-order valence-electron chi connectivity index (χ4n) is 3.84. The van der Waals surface area contributed by atoms with Gasteiger partial charge in [-0.25, -0.2) is 0 Å². The lowest BCUT2D eigenvalue weighted by molar-refractivity contribution is -0.142. The molecule has 3 unspecified atom stereocenters. The molecule has 0 aromatic rings. The van der Waals surface area contributed by atoms with Crippen LogP contribution >= 0.6 is 0 Å². The number of carbonyl (C=O) groups excluding carboxylic acids is 1. The van der Waals surface area contributed by atoms with E-state index in [-0.39, 0.29) is 12.0 Å². The van der Waals surface area contributed by atoms with Gasteiger partial charge in [-0.15, -0.1) is 0 Å². The van der Waals surface area contributed by atoms with Gasteiger partial charge in [0.2, 0.25) is 0 Å². The van der Waals surface area contributed by atoms with E-state index < -0.39 is 0 Å². The smallest absolute Gasteiger partial charge is 0.165 e. The van der Waals surface area contributed by atoms with Crippen molar-refractivity contribution in [3.63, 3.8) is 0 Å². The summed E-state index contributed by atoms with van der Waals surface area (Å²) >= 11 is 0. The lowest BCUT2D eigenvalue weighted by Gasteiger charge is -2.36. The zero-order valence-electron chi connectivity index (χ0n) is 12.7. The fraction of sp³-hybridized carbons (Fsp3) is 0.938. The molecule has 0 aromatic carbocycles. The first-order valence-corrected chi connectivity index (χ1v) is 7.97. The van der Waals surface area contributed by atoms with E-state index in [1.54, 1.807) is 0 Å². The Morgan fingerprint density at radius 3 is 2.53 bits per heavy atom. The zero-order chi connectivity index (χ0) is 13.8. The van der Waals surface area contributed by atoms with Crippen LogP contribution in [0.15, 0.2) is 0 Å². The van der Waals surface area contributed by atoms with Crippen molar-refractivity contribution in [1.29, 1.82) is 0 Å². The molecule has 0 spiro atoms. The summed E-state index contributed by atoms with van der Waals surface area (Å²) in [6.45, 7) is 10.3. The molecular weight excluding hydrogens is 238 g/mol. The number of Topliss-reactive ketones (excluding diaryl/α,β-unsaturated/α-hetero) is 1. The van der Waals surface area contributed by atoms with Gasteiger partial charge in [-0.3, -0.25) is 9.69 Å². The lowest BCUT2D eigenvalue weighted by Crippen LogP contribution is -2.48. The van der Waals surface area contributed by atoms with Gasteiger partial charge in [0.1, 0.15) is 6.10 Å². The topological polar surface area (TPSA) is 29.5 Å². The Labute approximate surface area is 117 Å². The van der Waals surface area contributed by atoms with Crippen molar-refractivity contribution in [2.45, 2.75) is 52.6 Å². The van der Waals surface area contributed by atoms with Gasteiger partial charge in [-0.2, -0.15) is 0 Å². The monoisotopic (exact) mass is 267 g/mol. The van der Waals surface area contributed by atoms with E-state index in [0.29, 0.717) is 24.2 Å². The zero-order valence-corrected chi connectivity index (χ0v) is 12.7. The average Bonchev–Trinajstić information content (AvgIpc) is 2.37. The van der Waals surface area contributed by atoms with Crippen molar-refractivity contribution in [3.05, 3.63) is 0 Å². The van der Waals surface area contributed by atoms with Crippen LogP contribution in [-0.2, 0) is 9.53 Å². The number of hydrogen-bond donors (Lipinski definition) is 0. The summed E-state index contributed by atoms with van der Waals surface area (Å²) in [6.07, 6.45) is 4.39. The lowest BCUT2D eigenvalue weighted by atomic mass is 9.74. The maximum Gasteiger partial charge on any atom is 0.165 e. The highest BCUT2D eigenvalue weighted by atomic mass is 16.5. The molecule has 3 atom stereocenters. The second kappa shape index (κ2) is 6.85. The summed E-state index contributed by atoms with van der Waals surface area (Å²) in [7, 11) is 0. The molecule has 1 aliphatic heterocycles. The summed E-state index contributed by atoms with van der Waals surface area (Å²) in [6, 6.07) is 0. The van der Waals surface area contributed by atoms with Gasteiger partial charge >= 0.3 is 0 Å². The second-order valence-electron chi connectivity index (χ2n) is 6.68. The standard InChI is InChI=1S/C16H29NO2/c1-4-5-17-6-7-19-15(11-17)16(18)14-9-12(2)8-13(3)10-14/h12-15H,4-11H2,1-3H3. The van der Waals surface area contributed by atoms with Crippen LogP contribution < -0.4 is 0 Å². The Kier molecular flexibility index (Phi) is 5.40. The first-order valence-electron chi connectivity index (χ1n) is 7.97. The largest absolute Gasteiger partial charge is 0.368 e. The molecule has 2 fully saturated rings. The van der Waals surface area contributed by atoms with Gasteiger partial charge in [0.05, 0.1) is 6.61 Å². The molecule has 3 nitrogen and oxygen atoms in total. The molecular formula is C16H29NO2. The van der Waals surface area contributed by atoms with Crippen molar-refractivity contribution >= 4 is 5.78 Å². The van der Waals surface area contributed by atoms with E-state index >= 15 is 0 Å². The molecule has 0 bridgehead atoms. The van der Waals surface area contributed by atoms with Gasteiger partial charge in [0.15, 0.2) is 5.78 Å². The van der Waals surface area contributed by atoms with Crippen molar-refractivity contribution in [2.75, 3.05) is 26.2 Å². The van der Waals surface area contributed by atoms with Crippen molar-refractivity contribution < 1.29 is 9.53 Å². The Balaban J connectivity index is 1.91. The normalized spacial score (nSPS) is 37.2. The minimum atomic E-state index is -0.164. The third-order valence-electron chi connectivity index (χ3n) is 4.59. The number of carbonyl (C=O) groups is 1. The highest BCUT2D eigenvalue weighted by Crippen LogP contribution is 2.34. The van der Waals surface area contributed by atoms with E-state index in [4.69, 9.17) is 4.74 Å². The molecule has 3 heteroatoms. The fourth-order valence-corrected chi connectivity index (χ4v) is 3.84. The first kappa shape index (κ1) is 15.0. The Hall–Kier alpha value is -0.410. The van der Waals surface area contributed by atoms with Crippen molar-refractivity contribution in [1.82, 2.24) is 4.90 Å². The van der Waals surface area contributed by atoms with E-state index in [1.807, 2.05) is 0 Å². The van der Waals surface area contributed by atoms with Crippen LogP contribution in [0.1, 0.15) is 46.5 Å². The molecule has 2 aliphatic rings. The van der Waals surface area contributed by atoms with Crippen LogP contribution in [0.5, 0.6) is 0 Å². The predicted octanol–water partition coefficient (Wildman–Crippen LogP) is 2.74. The summed E-state index contributed by atoms with van der Waals surface area (Å²) in [5.41, 5.74) is 0. The SMILES string of the molecule is CCCN1CCOC(C(=O)C2CC(C)CC(C)C2)C1. The van der Waals surface area contributed by atoms with Gasteiger partial charge in [-0.05, 0) is 44.1 Å². The van der Waals surface area contributed by atoms with Crippen molar-refractivity contribution in [2.24, 2.45) is 17.8 Å². The summed E-state index contributed by atoms with van der Waals surface area (Å²) in [5, 5.41) is 0. The number of hydrogen-bond acceptors (Lipinski definition) is 3. The van der Waals surface area contributed by atoms with Crippen LogP contribution in [0.25, 0.3) is 0 Å². The highest BCUT2D eigenvalue weighted by Gasteiger charge is 2.35. The molecule has 0 radical (unpaired) electrons. The molecule has 0 aromatic heterocycles. The predicted molar refractivity (Wildman–Crippen MR) is 77.1 cm³/mol. The van der Waals surface area contributed by atoms with E-state index in [2.05, 4.69) is 25.7 Å². The molecule has 110 valence electrons. The summed E-state index contributed by atoms with van der Waals surface area (Å²) in [5.74, 6) is 1.99. The first-order chi connectivity index (χ1) is 9.10. The Bertz CT molecular complexity index is 293. The van der Waals surface area contributed by atoms with E-state index in [9.17, 15) is 4.79 Å². The van der Waals surface area contributed by atoms with E-state index in [1.165, 1.54) is 6.42 Å². The van der Waals surface area contributed by atoms with Crippen LogP contribution in [0, 0.1) is 17.8 Å². The molecule has 0 amide bonds. The summed E-state index contributed by atoms with van der Waals surface area (Å²) < 4.78 is 5.75. The van der Waals surface area contributed by atoms with E-state index in [0.717, 1.165) is 38.9 Å². The maximum absolute atomic E-state index is 12.6. The molecule has 19 heavy (non-hydrogen) atoms. The number of rotatable bonds is 4. The molecule has 2 rings (SSSR count). The quantitative estimate of drug-likeness (QED) is 0.784. The number of ether oxygens (including phenoxy) is 1. The minimum Gasteiger partial charge on any atom is -0.368 e. The van der Waals surface area contributed by atoms with Crippen LogP contribution in [0.2, 0.25) is 0 Å². The molecule has 1 saturated carbocycles. The van der Waals surface area contributed by atoms with Crippen LogP contribution in [0.4, 0.5) is 0 Å². The van der Waals surface area contributed by atoms with Crippen LogP contribution in [0.3, 0.4) is 0 Å². The minimum absolute atomic E-state index is 0.164. The maximum atomic E-state index is 12.6. The number of nitrogens with zero attached hydrogens (tertiary/aromatic N) is 1. The second-order valence-corrected chi connectivity index (χ2v) is 6.68. The van der Waals surface area contributed by atoms with Gasteiger partial charge in [-0.1, -0.05) is 20.8 Å². The Morgan fingerprint density at radius 1 is 1.21 bits per heavy atom. The molecule has 1 heterocycles. The third-order valence-corrected chi connectivity index (χ3v) is 4.59. The number of ketones is 1. The molecule has 1 aliphatic carbocycles.